The van der Waals surface area contributed by atoms with Crippen molar-refractivity contribution < 1.29 is 9.13 Å². The van der Waals surface area contributed by atoms with Gasteiger partial charge in [0.2, 0.25) is 5.82 Å². The summed E-state index contributed by atoms with van der Waals surface area (Å²) in [6.07, 6.45) is 0.729. The molecular weight excluding hydrogens is 179 g/mol. The van der Waals surface area contributed by atoms with Crippen LogP contribution in [0.5, 0.6) is 0 Å². The lowest BCUT2D eigenvalue weighted by Gasteiger charge is -2.02. The number of halogens is 1. The molecule has 0 saturated carbocycles. The van der Waals surface area contributed by atoms with Gasteiger partial charge in [0.1, 0.15) is 6.73 Å². The van der Waals surface area contributed by atoms with Crippen molar-refractivity contribution >= 4 is 0 Å². The monoisotopic (exact) mass is 188 g/mol. The first-order valence-electron chi connectivity index (χ1n) is 3.72. The van der Waals surface area contributed by atoms with E-state index in [2.05, 4.69) is 4.98 Å². The summed E-state index contributed by atoms with van der Waals surface area (Å²) in [4.78, 5) is 24.0. The summed E-state index contributed by atoms with van der Waals surface area (Å²) in [6, 6.07) is 0. The predicted molar refractivity (Wildman–Crippen MR) is 42.9 cm³/mol. The van der Waals surface area contributed by atoms with Crippen LogP contribution in [0, 0.1) is 5.82 Å². The van der Waals surface area contributed by atoms with Crippen molar-refractivity contribution in [2.24, 2.45) is 0 Å². The molecule has 5 nitrogen and oxygen atoms in total. The van der Waals surface area contributed by atoms with Crippen molar-refractivity contribution in [3.63, 3.8) is 0 Å². The van der Waals surface area contributed by atoms with Gasteiger partial charge in [-0.15, -0.1) is 0 Å². The molecule has 0 atom stereocenters. The fourth-order valence-corrected chi connectivity index (χ4v) is 0.786. The summed E-state index contributed by atoms with van der Waals surface area (Å²) >= 11 is 0. The van der Waals surface area contributed by atoms with Gasteiger partial charge in [-0.2, -0.15) is 4.39 Å². The van der Waals surface area contributed by atoms with Crippen LogP contribution in [-0.2, 0) is 11.5 Å². The molecule has 6 heteroatoms. The molecule has 0 aliphatic carbocycles. The van der Waals surface area contributed by atoms with E-state index in [-0.39, 0.29) is 6.73 Å². The summed E-state index contributed by atoms with van der Waals surface area (Å²) in [6.45, 7) is 1.82. The molecule has 72 valence electrons. The number of aromatic amines is 1. The minimum absolute atomic E-state index is 0.234. The third kappa shape index (κ3) is 2.03. The zero-order valence-electron chi connectivity index (χ0n) is 7.04. The molecular formula is C7H9FN2O3. The van der Waals surface area contributed by atoms with Gasteiger partial charge >= 0.3 is 5.69 Å². The molecule has 0 aliphatic heterocycles. The molecule has 1 N–H and O–H groups in total. The second-order valence-corrected chi connectivity index (χ2v) is 2.30. The van der Waals surface area contributed by atoms with Crippen LogP contribution < -0.4 is 11.2 Å². The van der Waals surface area contributed by atoms with Gasteiger partial charge in [-0.05, 0) is 6.92 Å². The Morgan fingerprint density at radius 2 is 2.31 bits per heavy atom. The summed E-state index contributed by atoms with van der Waals surface area (Å²) < 4.78 is 18.1. The largest absolute Gasteiger partial charge is 0.361 e. The molecule has 1 aromatic rings. The SMILES string of the molecule is CCOCn1c(=O)[nH]cc(F)c1=O. The Balaban J connectivity index is 3.11. The number of aromatic nitrogens is 2. The highest BCUT2D eigenvalue weighted by Gasteiger charge is 2.05. The molecule has 1 heterocycles. The third-order valence-electron chi connectivity index (χ3n) is 1.44. The van der Waals surface area contributed by atoms with Crippen LogP contribution in [-0.4, -0.2) is 16.2 Å². The van der Waals surface area contributed by atoms with Crippen LogP contribution in [0.4, 0.5) is 4.39 Å². The summed E-state index contributed by atoms with van der Waals surface area (Å²) in [5.41, 5.74) is -1.66. The maximum absolute atomic E-state index is 12.6. The number of H-pyrrole nitrogens is 1. The Bertz CT molecular complexity index is 395. The Hall–Kier alpha value is -1.43. The molecule has 0 bridgehead atoms. The van der Waals surface area contributed by atoms with Crippen molar-refractivity contribution in [2.45, 2.75) is 13.7 Å². The van der Waals surface area contributed by atoms with Crippen LogP contribution in [0.15, 0.2) is 15.8 Å². The lowest BCUT2D eigenvalue weighted by atomic mass is 10.6. The summed E-state index contributed by atoms with van der Waals surface area (Å²) in [5.74, 6) is -1.00. The third-order valence-corrected chi connectivity index (χ3v) is 1.44. The number of hydrogen-bond donors (Lipinski definition) is 1. The van der Waals surface area contributed by atoms with Crippen LogP contribution in [0.25, 0.3) is 0 Å². The van der Waals surface area contributed by atoms with Crippen molar-refractivity contribution in [1.29, 1.82) is 0 Å². The minimum Gasteiger partial charge on any atom is -0.361 e. The Morgan fingerprint density at radius 1 is 1.62 bits per heavy atom. The molecule has 0 unspecified atom stereocenters. The molecule has 0 spiro atoms. The smallest absolute Gasteiger partial charge is 0.330 e. The van der Waals surface area contributed by atoms with Crippen molar-refractivity contribution in [2.75, 3.05) is 6.61 Å². The van der Waals surface area contributed by atoms with Gasteiger partial charge in [0.25, 0.3) is 5.56 Å². The summed E-state index contributed by atoms with van der Waals surface area (Å²) in [7, 11) is 0. The highest BCUT2D eigenvalue weighted by Crippen LogP contribution is 1.81. The van der Waals surface area contributed by atoms with E-state index >= 15 is 0 Å². The van der Waals surface area contributed by atoms with Gasteiger partial charge < -0.3 is 9.72 Å². The van der Waals surface area contributed by atoms with E-state index in [1.54, 1.807) is 6.92 Å². The second-order valence-electron chi connectivity index (χ2n) is 2.30. The molecule has 1 rings (SSSR count). The molecule has 0 saturated heterocycles. The van der Waals surface area contributed by atoms with E-state index in [1.807, 2.05) is 0 Å². The lowest BCUT2D eigenvalue weighted by Crippen LogP contribution is -2.37. The second kappa shape index (κ2) is 3.99. The van der Waals surface area contributed by atoms with Crippen LogP contribution in [0.2, 0.25) is 0 Å². The molecule has 0 aromatic carbocycles. The zero-order chi connectivity index (χ0) is 9.84. The first kappa shape index (κ1) is 9.66. The standard InChI is InChI=1S/C7H9FN2O3/c1-2-13-4-10-6(11)5(8)3-9-7(10)12/h3H,2,4H2,1H3,(H,9,12). The van der Waals surface area contributed by atoms with Crippen LogP contribution >= 0.6 is 0 Å². The van der Waals surface area contributed by atoms with Gasteiger partial charge in [0.05, 0.1) is 0 Å². The first-order valence-corrected chi connectivity index (χ1v) is 3.72. The van der Waals surface area contributed by atoms with Crippen molar-refractivity contribution in [1.82, 2.24) is 9.55 Å². The molecule has 13 heavy (non-hydrogen) atoms. The van der Waals surface area contributed by atoms with E-state index in [0.717, 1.165) is 6.20 Å². The minimum atomic E-state index is -1.00. The Labute approximate surface area is 72.8 Å². The Morgan fingerprint density at radius 3 is 2.92 bits per heavy atom. The number of nitrogens with zero attached hydrogens (tertiary/aromatic N) is 1. The average molecular weight is 188 g/mol. The molecule has 1 aromatic heterocycles. The van der Waals surface area contributed by atoms with E-state index in [1.165, 1.54) is 0 Å². The quantitative estimate of drug-likeness (QED) is 0.706. The first-order chi connectivity index (χ1) is 6.16. The maximum atomic E-state index is 12.6. The fourth-order valence-electron chi connectivity index (χ4n) is 0.786. The number of nitrogens with one attached hydrogen (secondary N) is 1. The van der Waals surface area contributed by atoms with Crippen LogP contribution in [0.1, 0.15) is 6.92 Å². The van der Waals surface area contributed by atoms with Gasteiger partial charge in [-0.25, -0.2) is 9.36 Å². The van der Waals surface area contributed by atoms with E-state index in [4.69, 9.17) is 4.74 Å². The fraction of sp³-hybridized carbons (Fsp3) is 0.429. The van der Waals surface area contributed by atoms with E-state index in [0.29, 0.717) is 11.2 Å². The zero-order valence-corrected chi connectivity index (χ0v) is 7.04. The Kier molecular flexibility index (Phi) is 2.97. The highest BCUT2D eigenvalue weighted by atomic mass is 19.1. The van der Waals surface area contributed by atoms with Crippen molar-refractivity contribution in [3.8, 4) is 0 Å². The van der Waals surface area contributed by atoms with Crippen molar-refractivity contribution in [3.05, 3.63) is 32.9 Å². The van der Waals surface area contributed by atoms with Gasteiger partial charge in [-0.1, -0.05) is 0 Å². The van der Waals surface area contributed by atoms with Gasteiger partial charge in [0.15, 0.2) is 0 Å². The normalized spacial score (nSPS) is 10.3. The summed E-state index contributed by atoms with van der Waals surface area (Å²) in [5, 5.41) is 0. The predicted octanol–water partition coefficient (Wildman–Crippen LogP) is -0.330. The molecule has 0 aliphatic rings. The molecule has 0 fully saturated rings. The average Bonchev–Trinajstić information content (AvgIpc) is 2.12. The maximum Gasteiger partial charge on any atom is 0.330 e. The van der Waals surface area contributed by atoms with Gasteiger partial charge in [-0.3, -0.25) is 4.79 Å². The lowest BCUT2D eigenvalue weighted by molar-refractivity contribution is 0.0811. The van der Waals surface area contributed by atoms with E-state index in [9.17, 15) is 14.0 Å². The topological polar surface area (TPSA) is 64.1 Å². The van der Waals surface area contributed by atoms with E-state index < -0.39 is 17.1 Å². The number of rotatable bonds is 3. The number of hydrogen-bond acceptors (Lipinski definition) is 3. The molecule has 0 amide bonds. The van der Waals surface area contributed by atoms with Gasteiger partial charge in [0, 0.05) is 12.8 Å². The highest BCUT2D eigenvalue weighted by molar-refractivity contribution is 4.86. The molecule has 0 radical (unpaired) electrons. The van der Waals surface area contributed by atoms with Crippen LogP contribution in [0.3, 0.4) is 0 Å². The number of ether oxygens (including phenoxy) is 1.